The van der Waals surface area contributed by atoms with E-state index in [0.717, 1.165) is 29.7 Å². The lowest BCUT2D eigenvalue weighted by atomic mass is 10.0. The Hall–Kier alpha value is -1.77. The van der Waals surface area contributed by atoms with Gasteiger partial charge in [0.25, 0.3) is 0 Å². The van der Waals surface area contributed by atoms with E-state index in [2.05, 4.69) is 16.9 Å². The summed E-state index contributed by atoms with van der Waals surface area (Å²) >= 11 is 0. The topological polar surface area (TPSA) is 25.8 Å². The van der Waals surface area contributed by atoms with Crippen LogP contribution in [0.1, 0.15) is 23.7 Å². The maximum atomic E-state index is 12.7. The summed E-state index contributed by atoms with van der Waals surface area (Å²) in [6, 6.07) is 6.54. The van der Waals surface area contributed by atoms with Crippen LogP contribution in [0, 0.1) is 5.82 Å². The zero-order valence-corrected chi connectivity index (χ0v) is 9.15. The van der Waals surface area contributed by atoms with Gasteiger partial charge in [0.05, 0.1) is 0 Å². The predicted molar refractivity (Wildman–Crippen MR) is 60.6 cm³/mol. The van der Waals surface area contributed by atoms with E-state index in [0.29, 0.717) is 0 Å². The van der Waals surface area contributed by atoms with Crippen LogP contribution < -0.4 is 0 Å². The molecule has 2 rings (SSSR count). The van der Waals surface area contributed by atoms with Crippen LogP contribution in [0.5, 0.6) is 0 Å². The van der Waals surface area contributed by atoms with Gasteiger partial charge in [-0.2, -0.15) is 0 Å². The number of rotatable bonds is 3. The molecule has 0 atom stereocenters. The lowest BCUT2D eigenvalue weighted by molar-refractivity contribution is 0.627. The number of halogens is 1. The van der Waals surface area contributed by atoms with Crippen LogP contribution in [0.3, 0.4) is 0 Å². The fourth-order valence-corrected chi connectivity index (χ4v) is 1.67. The minimum Gasteiger partial charge on any atom is -0.245 e. The van der Waals surface area contributed by atoms with Crippen LogP contribution in [0.2, 0.25) is 0 Å². The van der Waals surface area contributed by atoms with Crippen LogP contribution in [-0.4, -0.2) is 9.97 Å². The normalized spacial score (nSPS) is 10.4. The van der Waals surface area contributed by atoms with Gasteiger partial charge in [0, 0.05) is 18.3 Å². The Morgan fingerprint density at radius 1 is 1.19 bits per heavy atom. The van der Waals surface area contributed by atoms with E-state index in [-0.39, 0.29) is 5.82 Å². The molecular weight excluding hydrogens is 203 g/mol. The highest BCUT2D eigenvalue weighted by atomic mass is 19.1. The molecule has 0 unspecified atom stereocenters. The molecule has 0 aliphatic rings. The van der Waals surface area contributed by atoms with Gasteiger partial charge in [0.2, 0.25) is 0 Å². The second-order valence-electron chi connectivity index (χ2n) is 3.65. The van der Waals surface area contributed by atoms with Gasteiger partial charge in [-0.25, -0.2) is 14.4 Å². The van der Waals surface area contributed by atoms with Gasteiger partial charge in [-0.3, -0.25) is 0 Å². The van der Waals surface area contributed by atoms with Crippen molar-refractivity contribution < 1.29 is 4.39 Å². The Bertz CT molecular complexity index is 466. The molecule has 0 fully saturated rings. The molecule has 0 aliphatic carbocycles. The Kier molecular flexibility index (Phi) is 3.25. The molecule has 0 saturated heterocycles. The van der Waals surface area contributed by atoms with E-state index in [1.54, 1.807) is 18.5 Å². The minimum absolute atomic E-state index is 0.205. The monoisotopic (exact) mass is 216 g/mol. The number of benzene rings is 1. The highest BCUT2D eigenvalue weighted by Gasteiger charge is 2.03. The Balaban J connectivity index is 2.23. The van der Waals surface area contributed by atoms with Crippen LogP contribution in [0.15, 0.2) is 36.8 Å². The third kappa shape index (κ3) is 2.42. The van der Waals surface area contributed by atoms with Crippen LogP contribution >= 0.6 is 0 Å². The van der Waals surface area contributed by atoms with Crippen molar-refractivity contribution in [2.24, 2.45) is 0 Å². The maximum Gasteiger partial charge on any atom is 0.123 e. The van der Waals surface area contributed by atoms with E-state index in [1.165, 1.54) is 12.1 Å². The zero-order valence-electron chi connectivity index (χ0n) is 9.15. The van der Waals surface area contributed by atoms with Gasteiger partial charge in [0.1, 0.15) is 12.1 Å². The number of aromatic nitrogens is 2. The zero-order chi connectivity index (χ0) is 11.4. The summed E-state index contributed by atoms with van der Waals surface area (Å²) in [5, 5.41) is 0. The molecule has 2 nitrogen and oxygen atoms in total. The molecule has 0 aliphatic heterocycles. The third-order valence-corrected chi connectivity index (χ3v) is 2.52. The van der Waals surface area contributed by atoms with Gasteiger partial charge in [-0.15, -0.1) is 0 Å². The number of hydrogen-bond acceptors (Lipinski definition) is 2. The number of nitrogens with zero attached hydrogens (tertiary/aromatic N) is 2. The molecule has 0 N–H and O–H groups in total. The summed E-state index contributed by atoms with van der Waals surface area (Å²) in [5.74, 6) is -0.205. The van der Waals surface area contributed by atoms with E-state index in [9.17, 15) is 4.39 Å². The van der Waals surface area contributed by atoms with Gasteiger partial charge < -0.3 is 0 Å². The Morgan fingerprint density at radius 2 is 1.94 bits per heavy atom. The average molecular weight is 216 g/mol. The molecule has 16 heavy (non-hydrogen) atoms. The number of aryl methyl sites for hydroxylation is 1. The predicted octanol–water partition coefficient (Wildman–Crippen LogP) is 2.77. The van der Waals surface area contributed by atoms with Crippen LogP contribution in [0.25, 0.3) is 0 Å². The van der Waals surface area contributed by atoms with Crippen molar-refractivity contribution in [1.29, 1.82) is 0 Å². The van der Waals surface area contributed by atoms with Crippen molar-refractivity contribution in [1.82, 2.24) is 9.97 Å². The third-order valence-electron chi connectivity index (χ3n) is 2.52. The molecule has 0 spiro atoms. The van der Waals surface area contributed by atoms with Gasteiger partial charge in [-0.05, 0) is 29.7 Å². The summed E-state index contributed by atoms with van der Waals surface area (Å²) in [6.45, 7) is 2.07. The average Bonchev–Trinajstić information content (AvgIpc) is 2.33. The number of hydrogen-bond donors (Lipinski definition) is 0. The smallest absolute Gasteiger partial charge is 0.123 e. The first-order valence-corrected chi connectivity index (χ1v) is 5.31. The van der Waals surface area contributed by atoms with Crippen molar-refractivity contribution >= 4 is 0 Å². The van der Waals surface area contributed by atoms with E-state index in [1.807, 2.05) is 6.20 Å². The molecule has 1 aromatic carbocycles. The summed E-state index contributed by atoms with van der Waals surface area (Å²) in [6.07, 6.45) is 5.03. The first-order chi connectivity index (χ1) is 7.79. The van der Waals surface area contributed by atoms with E-state index >= 15 is 0 Å². The van der Waals surface area contributed by atoms with Gasteiger partial charge >= 0.3 is 0 Å². The van der Waals surface area contributed by atoms with E-state index < -0.39 is 0 Å². The highest BCUT2D eigenvalue weighted by molar-refractivity contribution is 5.27. The minimum atomic E-state index is -0.205. The van der Waals surface area contributed by atoms with Crippen molar-refractivity contribution in [3.8, 4) is 0 Å². The molecule has 0 saturated carbocycles. The summed E-state index contributed by atoms with van der Waals surface area (Å²) in [4.78, 5) is 8.25. The summed E-state index contributed by atoms with van der Waals surface area (Å²) in [7, 11) is 0. The molecule has 0 bridgehead atoms. The lowest BCUT2D eigenvalue weighted by Gasteiger charge is -2.05. The van der Waals surface area contributed by atoms with Crippen molar-refractivity contribution in [2.75, 3.05) is 0 Å². The SMILES string of the molecule is CCc1ncncc1Cc1ccc(F)cc1. The lowest BCUT2D eigenvalue weighted by Crippen LogP contribution is -1.98. The largest absolute Gasteiger partial charge is 0.245 e. The summed E-state index contributed by atoms with van der Waals surface area (Å²) in [5.41, 5.74) is 3.24. The first-order valence-electron chi connectivity index (χ1n) is 5.31. The van der Waals surface area contributed by atoms with Gasteiger partial charge in [0.15, 0.2) is 0 Å². The molecule has 82 valence electrons. The molecule has 3 heteroatoms. The van der Waals surface area contributed by atoms with Crippen molar-refractivity contribution in [3.05, 3.63) is 59.4 Å². The van der Waals surface area contributed by atoms with Crippen LogP contribution in [-0.2, 0) is 12.8 Å². The van der Waals surface area contributed by atoms with Crippen LogP contribution in [0.4, 0.5) is 4.39 Å². The molecule has 2 aromatic rings. The standard InChI is InChI=1S/C13H13FN2/c1-2-13-11(8-15-9-16-13)7-10-3-5-12(14)6-4-10/h3-6,8-9H,2,7H2,1H3. The highest BCUT2D eigenvalue weighted by Crippen LogP contribution is 2.12. The quantitative estimate of drug-likeness (QED) is 0.788. The Labute approximate surface area is 94.2 Å². The second kappa shape index (κ2) is 4.84. The first kappa shape index (κ1) is 10.7. The molecule has 0 radical (unpaired) electrons. The van der Waals surface area contributed by atoms with E-state index in [4.69, 9.17) is 0 Å². The van der Waals surface area contributed by atoms with Crippen molar-refractivity contribution in [2.45, 2.75) is 19.8 Å². The molecule has 1 heterocycles. The molecule has 1 aromatic heterocycles. The maximum absolute atomic E-state index is 12.7. The molecular formula is C13H13FN2. The fraction of sp³-hybridized carbons (Fsp3) is 0.231. The fourth-order valence-electron chi connectivity index (χ4n) is 1.67. The summed E-state index contributed by atoms with van der Waals surface area (Å²) < 4.78 is 12.7. The Morgan fingerprint density at radius 3 is 2.62 bits per heavy atom. The van der Waals surface area contributed by atoms with Crippen molar-refractivity contribution in [3.63, 3.8) is 0 Å². The second-order valence-corrected chi connectivity index (χ2v) is 3.65. The molecule has 0 amide bonds. The van der Waals surface area contributed by atoms with Gasteiger partial charge in [-0.1, -0.05) is 19.1 Å².